The first-order valence-electron chi connectivity index (χ1n) is 11.6. The summed E-state index contributed by atoms with van der Waals surface area (Å²) in [5, 5.41) is 2.99. The molecule has 1 aliphatic heterocycles. The van der Waals surface area contributed by atoms with Gasteiger partial charge in [-0.3, -0.25) is 9.59 Å². The van der Waals surface area contributed by atoms with Crippen LogP contribution in [0.1, 0.15) is 33.9 Å². The van der Waals surface area contributed by atoms with E-state index in [1.807, 2.05) is 43.3 Å². The van der Waals surface area contributed by atoms with Gasteiger partial charge < -0.3 is 10.2 Å². The monoisotopic (exact) mass is 491 g/mol. The number of carbonyl (C=O) groups excluding carboxylic acids is 2. The zero-order valence-corrected chi connectivity index (χ0v) is 20.4. The predicted molar refractivity (Wildman–Crippen MR) is 134 cm³/mol. The number of carbonyl (C=O) groups is 2. The van der Waals surface area contributed by atoms with Gasteiger partial charge in [0.15, 0.2) is 0 Å². The van der Waals surface area contributed by atoms with Crippen LogP contribution in [0.4, 0.5) is 0 Å². The molecular formula is C27H29N3O4S. The molecular weight excluding hydrogens is 462 g/mol. The third-order valence-electron chi connectivity index (χ3n) is 6.17. The highest BCUT2D eigenvalue weighted by Gasteiger charge is 2.31. The Morgan fingerprint density at radius 2 is 1.40 bits per heavy atom. The van der Waals surface area contributed by atoms with Gasteiger partial charge in [0.1, 0.15) is 0 Å². The van der Waals surface area contributed by atoms with Gasteiger partial charge in [-0.1, -0.05) is 66.2 Å². The van der Waals surface area contributed by atoms with Crippen LogP contribution in [0, 0.1) is 6.92 Å². The first kappa shape index (κ1) is 24.6. The normalized spacial score (nSPS) is 15.4. The number of nitrogens with one attached hydrogen (secondary N) is 1. The van der Waals surface area contributed by atoms with Crippen molar-refractivity contribution in [3.05, 3.63) is 102 Å². The Morgan fingerprint density at radius 3 is 2.00 bits per heavy atom. The molecule has 0 radical (unpaired) electrons. The molecule has 0 aliphatic carbocycles. The summed E-state index contributed by atoms with van der Waals surface area (Å²) < 4.78 is 27.4. The van der Waals surface area contributed by atoms with E-state index in [4.69, 9.17) is 0 Å². The second-order valence-corrected chi connectivity index (χ2v) is 10.5. The van der Waals surface area contributed by atoms with Crippen LogP contribution in [0.3, 0.4) is 0 Å². The number of aryl methyl sites for hydroxylation is 1. The zero-order chi connectivity index (χ0) is 24.8. The first-order chi connectivity index (χ1) is 16.8. The summed E-state index contributed by atoms with van der Waals surface area (Å²) in [5.74, 6) is -0.374. The number of sulfonamides is 1. The Bertz CT molecular complexity index is 1250. The van der Waals surface area contributed by atoms with E-state index in [-0.39, 0.29) is 36.2 Å². The number of nitrogens with zero attached hydrogens (tertiary/aromatic N) is 2. The highest BCUT2D eigenvalue weighted by molar-refractivity contribution is 7.89. The van der Waals surface area contributed by atoms with Crippen LogP contribution in [0.2, 0.25) is 0 Å². The van der Waals surface area contributed by atoms with Gasteiger partial charge in [-0.2, -0.15) is 4.31 Å². The number of rotatable bonds is 7. The summed E-state index contributed by atoms with van der Waals surface area (Å²) >= 11 is 0. The number of benzene rings is 3. The maximum atomic E-state index is 13.2. The predicted octanol–water partition coefficient (Wildman–Crippen LogP) is 3.39. The minimum Gasteiger partial charge on any atom is -0.345 e. The molecule has 1 saturated heterocycles. The van der Waals surface area contributed by atoms with Gasteiger partial charge in [0, 0.05) is 31.7 Å². The van der Waals surface area contributed by atoms with Gasteiger partial charge in [-0.05, 0) is 36.8 Å². The molecule has 0 aromatic heterocycles. The Balaban J connectivity index is 1.41. The lowest BCUT2D eigenvalue weighted by Gasteiger charge is -2.35. The van der Waals surface area contributed by atoms with Gasteiger partial charge >= 0.3 is 0 Å². The summed E-state index contributed by atoms with van der Waals surface area (Å²) in [5.41, 5.74) is 2.35. The largest absolute Gasteiger partial charge is 0.345 e. The smallest absolute Gasteiger partial charge is 0.251 e. The molecule has 4 rings (SSSR count). The van der Waals surface area contributed by atoms with Gasteiger partial charge in [0.05, 0.1) is 17.4 Å². The third kappa shape index (κ3) is 5.96. The molecule has 0 bridgehead atoms. The van der Waals surface area contributed by atoms with E-state index in [0.717, 1.165) is 11.1 Å². The fraction of sp³-hybridized carbons (Fsp3) is 0.259. The highest BCUT2D eigenvalue weighted by Crippen LogP contribution is 2.22. The van der Waals surface area contributed by atoms with Crippen LogP contribution in [0.15, 0.2) is 89.8 Å². The lowest BCUT2D eigenvalue weighted by molar-refractivity contribution is -0.132. The molecule has 7 nitrogen and oxygen atoms in total. The van der Waals surface area contributed by atoms with Crippen LogP contribution in [-0.4, -0.2) is 55.6 Å². The van der Waals surface area contributed by atoms with Crippen LogP contribution < -0.4 is 5.32 Å². The van der Waals surface area contributed by atoms with Crippen LogP contribution in [0.5, 0.6) is 0 Å². The quantitative estimate of drug-likeness (QED) is 0.549. The van der Waals surface area contributed by atoms with E-state index in [1.54, 1.807) is 53.4 Å². The summed E-state index contributed by atoms with van der Waals surface area (Å²) in [6, 6.07) is 24.6. The van der Waals surface area contributed by atoms with Gasteiger partial charge in [-0.25, -0.2) is 8.42 Å². The van der Waals surface area contributed by atoms with Gasteiger partial charge in [0.2, 0.25) is 15.9 Å². The molecule has 2 amide bonds. The van der Waals surface area contributed by atoms with Crippen LogP contribution in [-0.2, 0) is 14.8 Å². The van der Waals surface area contributed by atoms with Crippen LogP contribution in [0.25, 0.3) is 0 Å². The highest BCUT2D eigenvalue weighted by atomic mass is 32.2. The molecule has 3 aromatic carbocycles. The lowest BCUT2D eigenvalue weighted by atomic mass is 10.0. The van der Waals surface area contributed by atoms with Crippen molar-refractivity contribution in [1.29, 1.82) is 0 Å². The SMILES string of the molecule is Cc1ccc(S(=O)(=O)N2CCN(C(=O)CC(NC(=O)c3ccccc3)c3ccccc3)CC2)cc1. The average molecular weight is 492 g/mol. The van der Waals surface area contributed by atoms with Gasteiger partial charge in [-0.15, -0.1) is 0 Å². The number of piperazine rings is 1. The minimum atomic E-state index is -3.60. The summed E-state index contributed by atoms with van der Waals surface area (Å²) in [6.45, 7) is 2.98. The third-order valence-corrected chi connectivity index (χ3v) is 8.08. The van der Waals surface area contributed by atoms with E-state index in [2.05, 4.69) is 5.32 Å². The molecule has 1 heterocycles. The maximum Gasteiger partial charge on any atom is 0.251 e. The number of hydrogen-bond acceptors (Lipinski definition) is 4. The molecule has 0 saturated carbocycles. The molecule has 3 aromatic rings. The average Bonchev–Trinajstić information content (AvgIpc) is 2.89. The molecule has 182 valence electrons. The lowest BCUT2D eigenvalue weighted by Crippen LogP contribution is -2.51. The van der Waals surface area contributed by atoms with E-state index < -0.39 is 16.1 Å². The Morgan fingerprint density at radius 1 is 0.829 bits per heavy atom. The van der Waals surface area contributed by atoms with E-state index >= 15 is 0 Å². The van der Waals surface area contributed by atoms with E-state index in [9.17, 15) is 18.0 Å². The molecule has 35 heavy (non-hydrogen) atoms. The molecule has 1 unspecified atom stereocenters. The molecule has 0 spiro atoms. The summed E-state index contributed by atoms with van der Waals surface area (Å²) in [4.78, 5) is 27.9. The first-order valence-corrected chi connectivity index (χ1v) is 13.0. The maximum absolute atomic E-state index is 13.2. The molecule has 1 aliphatic rings. The molecule has 1 N–H and O–H groups in total. The Hall–Kier alpha value is -3.49. The Kier molecular flexibility index (Phi) is 7.63. The van der Waals surface area contributed by atoms with E-state index in [1.165, 1.54) is 4.31 Å². The fourth-order valence-electron chi connectivity index (χ4n) is 4.11. The molecule has 1 atom stereocenters. The topological polar surface area (TPSA) is 86.8 Å². The van der Waals surface area contributed by atoms with Crippen molar-refractivity contribution >= 4 is 21.8 Å². The van der Waals surface area contributed by atoms with Gasteiger partial charge in [0.25, 0.3) is 5.91 Å². The van der Waals surface area contributed by atoms with Crippen molar-refractivity contribution in [2.75, 3.05) is 26.2 Å². The van der Waals surface area contributed by atoms with Crippen molar-refractivity contribution in [2.24, 2.45) is 0 Å². The van der Waals surface area contributed by atoms with Crippen molar-refractivity contribution in [3.8, 4) is 0 Å². The van der Waals surface area contributed by atoms with Crippen molar-refractivity contribution in [3.63, 3.8) is 0 Å². The Labute approximate surface area is 206 Å². The second-order valence-electron chi connectivity index (χ2n) is 8.60. The van der Waals surface area contributed by atoms with E-state index in [0.29, 0.717) is 18.7 Å². The standard InChI is InChI=1S/C27H29N3O4S/c1-21-12-14-24(15-13-21)35(33,34)30-18-16-29(17-19-30)26(31)20-25(22-8-4-2-5-9-22)28-27(32)23-10-6-3-7-11-23/h2-15,25H,16-20H2,1H3,(H,28,32). The fourth-order valence-corrected chi connectivity index (χ4v) is 5.53. The molecule has 1 fully saturated rings. The summed E-state index contributed by atoms with van der Waals surface area (Å²) in [7, 11) is -3.60. The number of amides is 2. The summed E-state index contributed by atoms with van der Waals surface area (Å²) in [6.07, 6.45) is 0.0906. The van der Waals surface area contributed by atoms with Crippen molar-refractivity contribution in [2.45, 2.75) is 24.3 Å². The zero-order valence-electron chi connectivity index (χ0n) is 19.6. The van der Waals surface area contributed by atoms with Crippen LogP contribution >= 0.6 is 0 Å². The minimum absolute atomic E-state index is 0.0906. The second kappa shape index (κ2) is 10.8. The molecule has 8 heteroatoms. The van der Waals surface area contributed by atoms with Crippen molar-refractivity contribution in [1.82, 2.24) is 14.5 Å². The number of hydrogen-bond donors (Lipinski definition) is 1. The van der Waals surface area contributed by atoms with Crippen molar-refractivity contribution < 1.29 is 18.0 Å².